The Morgan fingerprint density at radius 1 is 1.03 bits per heavy atom. The summed E-state index contributed by atoms with van der Waals surface area (Å²) in [5.74, 6) is 0.0917. The molecular formula is C25H32BrN3O2. The Labute approximate surface area is 193 Å². The molecule has 1 heterocycles. The van der Waals surface area contributed by atoms with Crippen LogP contribution in [0, 0.1) is 5.92 Å². The highest BCUT2D eigenvalue weighted by Gasteiger charge is 2.27. The van der Waals surface area contributed by atoms with Gasteiger partial charge in [0.25, 0.3) is 5.91 Å². The van der Waals surface area contributed by atoms with Crippen LogP contribution in [-0.4, -0.2) is 47.8 Å². The van der Waals surface area contributed by atoms with E-state index in [1.165, 1.54) is 5.56 Å². The number of carbonyl (C=O) groups is 2. The third kappa shape index (κ3) is 6.65. The molecule has 1 fully saturated rings. The first-order chi connectivity index (χ1) is 15.0. The highest BCUT2D eigenvalue weighted by molar-refractivity contribution is 9.10. The zero-order valence-electron chi connectivity index (χ0n) is 18.4. The highest BCUT2D eigenvalue weighted by Crippen LogP contribution is 2.20. The van der Waals surface area contributed by atoms with Gasteiger partial charge < -0.3 is 10.2 Å². The van der Waals surface area contributed by atoms with Crippen LogP contribution in [0.2, 0.25) is 0 Å². The van der Waals surface area contributed by atoms with Gasteiger partial charge in [0.05, 0.1) is 0 Å². The van der Waals surface area contributed by atoms with Gasteiger partial charge in [0.15, 0.2) is 0 Å². The van der Waals surface area contributed by atoms with Crippen molar-refractivity contribution in [2.75, 3.05) is 26.2 Å². The molecule has 6 heteroatoms. The molecule has 2 amide bonds. The molecule has 1 aliphatic rings. The number of hydrogen-bond acceptors (Lipinski definition) is 3. The second-order valence-electron chi connectivity index (χ2n) is 8.07. The maximum atomic E-state index is 12.7. The van der Waals surface area contributed by atoms with Crippen molar-refractivity contribution in [1.82, 2.24) is 15.1 Å². The monoisotopic (exact) mass is 485 g/mol. The molecule has 2 aromatic rings. The van der Waals surface area contributed by atoms with Gasteiger partial charge in [-0.15, -0.1) is 0 Å². The zero-order chi connectivity index (χ0) is 22.2. The number of benzene rings is 2. The number of nitrogens with zero attached hydrogens (tertiary/aromatic N) is 2. The van der Waals surface area contributed by atoms with Crippen LogP contribution >= 0.6 is 15.9 Å². The van der Waals surface area contributed by atoms with Crippen LogP contribution in [0.1, 0.15) is 48.2 Å². The molecule has 0 spiro atoms. The van der Waals surface area contributed by atoms with Crippen molar-refractivity contribution in [1.29, 1.82) is 0 Å². The molecule has 1 aliphatic heterocycles. The summed E-state index contributed by atoms with van der Waals surface area (Å²) in [5, 5.41) is 3.10. The van der Waals surface area contributed by atoms with Crippen molar-refractivity contribution in [3.63, 3.8) is 0 Å². The Morgan fingerprint density at radius 3 is 2.32 bits per heavy atom. The quantitative estimate of drug-likeness (QED) is 0.600. The van der Waals surface area contributed by atoms with Crippen LogP contribution in [0.25, 0.3) is 0 Å². The Balaban J connectivity index is 1.47. The Kier molecular flexibility index (Phi) is 8.67. The average Bonchev–Trinajstić information content (AvgIpc) is 2.81. The minimum atomic E-state index is -0.0344. The molecule has 2 aromatic carbocycles. The predicted octanol–water partition coefficient (Wildman–Crippen LogP) is 4.46. The lowest BCUT2D eigenvalue weighted by Gasteiger charge is -2.31. The van der Waals surface area contributed by atoms with Crippen LogP contribution in [0.15, 0.2) is 53.0 Å². The lowest BCUT2D eigenvalue weighted by atomic mass is 9.95. The van der Waals surface area contributed by atoms with Gasteiger partial charge in [-0.2, -0.15) is 0 Å². The normalized spacial score (nSPS) is 14.6. The van der Waals surface area contributed by atoms with Gasteiger partial charge in [-0.25, -0.2) is 0 Å². The molecule has 166 valence electrons. The molecule has 5 nitrogen and oxygen atoms in total. The van der Waals surface area contributed by atoms with E-state index in [1.54, 1.807) is 0 Å². The number of piperidine rings is 1. The molecule has 0 radical (unpaired) electrons. The molecule has 1 N–H and O–H groups in total. The van der Waals surface area contributed by atoms with Crippen LogP contribution in [0.5, 0.6) is 0 Å². The number of carbonyl (C=O) groups excluding carboxylic acids is 2. The summed E-state index contributed by atoms with van der Waals surface area (Å²) >= 11 is 3.40. The van der Waals surface area contributed by atoms with Crippen molar-refractivity contribution in [3.05, 3.63) is 69.7 Å². The van der Waals surface area contributed by atoms with E-state index in [0.29, 0.717) is 38.0 Å². The first kappa shape index (κ1) is 23.5. The minimum absolute atomic E-state index is 0.0344. The maximum Gasteiger partial charge on any atom is 0.253 e. The standard InChI is InChI=1S/C25H32BrN3O2/c1-3-28(4-2)18-20-7-5-6-19(16-20)17-27-24(30)21-12-14-29(15-13-21)25(31)22-8-10-23(26)11-9-22/h5-11,16,21H,3-4,12-15,17-18H2,1-2H3,(H,27,30). The van der Waals surface area contributed by atoms with Crippen LogP contribution in [0.4, 0.5) is 0 Å². The third-order valence-electron chi connectivity index (χ3n) is 6.00. The number of amides is 2. The van der Waals surface area contributed by atoms with E-state index in [4.69, 9.17) is 0 Å². The molecule has 0 atom stereocenters. The topological polar surface area (TPSA) is 52.7 Å². The number of halogens is 1. The molecule has 3 rings (SSSR count). The molecule has 0 bridgehead atoms. The van der Waals surface area contributed by atoms with Crippen molar-refractivity contribution in [3.8, 4) is 0 Å². The smallest absolute Gasteiger partial charge is 0.253 e. The Hall–Kier alpha value is -2.18. The molecule has 0 unspecified atom stereocenters. The second kappa shape index (κ2) is 11.4. The van der Waals surface area contributed by atoms with Crippen LogP contribution in [0.3, 0.4) is 0 Å². The molecule has 0 aromatic heterocycles. The van der Waals surface area contributed by atoms with E-state index in [1.807, 2.05) is 29.2 Å². The fraction of sp³-hybridized carbons (Fsp3) is 0.440. The fourth-order valence-electron chi connectivity index (χ4n) is 4.00. The summed E-state index contributed by atoms with van der Waals surface area (Å²) < 4.78 is 0.956. The number of nitrogens with one attached hydrogen (secondary N) is 1. The van der Waals surface area contributed by atoms with Crippen LogP contribution < -0.4 is 5.32 Å². The maximum absolute atomic E-state index is 12.7. The minimum Gasteiger partial charge on any atom is -0.352 e. The van der Waals surface area contributed by atoms with E-state index in [-0.39, 0.29) is 17.7 Å². The SMILES string of the molecule is CCN(CC)Cc1cccc(CNC(=O)C2CCN(C(=O)c3ccc(Br)cc3)CC2)c1. The third-order valence-corrected chi connectivity index (χ3v) is 6.53. The molecule has 31 heavy (non-hydrogen) atoms. The Bertz CT molecular complexity index is 873. The van der Waals surface area contributed by atoms with Gasteiger partial charge in [-0.1, -0.05) is 54.0 Å². The van der Waals surface area contributed by atoms with Crippen molar-refractivity contribution >= 4 is 27.7 Å². The first-order valence-electron chi connectivity index (χ1n) is 11.1. The summed E-state index contributed by atoms with van der Waals surface area (Å²) in [7, 11) is 0. The van der Waals surface area contributed by atoms with E-state index < -0.39 is 0 Å². The number of likely N-dealkylation sites (tertiary alicyclic amines) is 1. The van der Waals surface area contributed by atoms with Gasteiger partial charge in [-0.05, 0) is 61.3 Å². The average molecular weight is 486 g/mol. The summed E-state index contributed by atoms with van der Waals surface area (Å²) in [6.45, 7) is 9.11. The molecule has 0 saturated carbocycles. The summed E-state index contributed by atoms with van der Waals surface area (Å²) in [5.41, 5.74) is 3.09. The summed E-state index contributed by atoms with van der Waals surface area (Å²) in [4.78, 5) is 29.6. The zero-order valence-corrected chi connectivity index (χ0v) is 20.0. The largest absolute Gasteiger partial charge is 0.352 e. The molecule has 0 aliphatic carbocycles. The van der Waals surface area contributed by atoms with Crippen LogP contribution in [-0.2, 0) is 17.9 Å². The lowest BCUT2D eigenvalue weighted by molar-refractivity contribution is -0.126. The first-order valence-corrected chi connectivity index (χ1v) is 11.9. The number of rotatable bonds is 8. The predicted molar refractivity (Wildman–Crippen MR) is 128 cm³/mol. The van der Waals surface area contributed by atoms with Gasteiger partial charge in [0.1, 0.15) is 0 Å². The van der Waals surface area contributed by atoms with Crippen molar-refractivity contribution < 1.29 is 9.59 Å². The second-order valence-corrected chi connectivity index (χ2v) is 8.99. The Morgan fingerprint density at radius 2 is 1.68 bits per heavy atom. The van der Waals surface area contributed by atoms with Gasteiger partial charge in [-0.3, -0.25) is 14.5 Å². The van der Waals surface area contributed by atoms with Gasteiger partial charge in [0.2, 0.25) is 5.91 Å². The van der Waals surface area contributed by atoms with E-state index >= 15 is 0 Å². The lowest BCUT2D eigenvalue weighted by Crippen LogP contribution is -2.42. The summed E-state index contributed by atoms with van der Waals surface area (Å²) in [6.07, 6.45) is 1.41. The summed E-state index contributed by atoms with van der Waals surface area (Å²) in [6, 6.07) is 15.9. The molecular weight excluding hydrogens is 454 g/mol. The fourth-order valence-corrected chi connectivity index (χ4v) is 4.26. The highest BCUT2D eigenvalue weighted by atomic mass is 79.9. The van der Waals surface area contributed by atoms with Gasteiger partial charge in [0, 0.05) is 42.1 Å². The van der Waals surface area contributed by atoms with E-state index in [2.05, 4.69) is 64.3 Å². The van der Waals surface area contributed by atoms with Gasteiger partial charge >= 0.3 is 0 Å². The molecule has 1 saturated heterocycles. The van der Waals surface area contributed by atoms with Crippen molar-refractivity contribution in [2.45, 2.75) is 39.8 Å². The van der Waals surface area contributed by atoms with Crippen molar-refractivity contribution in [2.24, 2.45) is 5.92 Å². The van der Waals surface area contributed by atoms with E-state index in [0.717, 1.165) is 29.7 Å². The van der Waals surface area contributed by atoms with E-state index in [9.17, 15) is 9.59 Å². The number of hydrogen-bond donors (Lipinski definition) is 1.